The number of thioether (sulfide) groups is 1. The number of hydrogen-bond acceptors (Lipinski definition) is 7. The molecule has 1 amide bonds. The Hall–Kier alpha value is -3.07. The van der Waals surface area contributed by atoms with E-state index in [9.17, 15) is 9.59 Å². The molecule has 1 unspecified atom stereocenters. The van der Waals surface area contributed by atoms with Gasteiger partial charge < -0.3 is 19.9 Å². The van der Waals surface area contributed by atoms with Crippen LogP contribution >= 0.6 is 11.8 Å². The number of aryl methyl sites for hydroxylation is 2. The van der Waals surface area contributed by atoms with E-state index in [-0.39, 0.29) is 17.9 Å². The first-order chi connectivity index (χ1) is 16.5. The molecule has 0 spiro atoms. The van der Waals surface area contributed by atoms with Crippen LogP contribution in [0.3, 0.4) is 0 Å². The summed E-state index contributed by atoms with van der Waals surface area (Å²) in [5.74, 6) is 0.359. The van der Waals surface area contributed by atoms with Gasteiger partial charge in [-0.05, 0) is 44.2 Å². The molecule has 1 atom stereocenters. The van der Waals surface area contributed by atoms with Crippen molar-refractivity contribution in [3.8, 4) is 0 Å². The molecule has 0 radical (unpaired) electrons. The number of aromatic nitrogens is 3. The van der Waals surface area contributed by atoms with Crippen molar-refractivity contribution in [3.63, 3.8) is 0 Å². The average molecular weight is 482 g/mol. The summed E-state index contributed by atoms with van der Waals surface area (Å²) < 4.78 is 6.97. The number of pyridine rings is 2. The third-order valence-corrected chi connectivity index (χ3v) is 6.98. The largest absolute Gasteiger partial charge is 0.464 e. The fourth-order valence-corrected chi connectivity index (χ4v) is 4.78. The molecule has 8 nitrogen and oxygen atoms in total. The van der Waals surface area contributed by atoms with Crippen LogP contribution < -0.4 is 10.6 Å². The molecule has 4 rings (SSSR count). The number of rotatable bonds is 10. The fraction of sp³-hybridized carbons (Fsp3) is 0.440. The quantitative estimate of drug-likeness (QED) is 0.415. The van der Waals surface area contributed by atoms with Crippen LogP contribution in [-0.2, 0) is 22.5 Å². The van der Waals surface area contributed by atoms with Crippen molar-refractivity contribution in [2.75, 3.05) is 29.8 Å². The van der Waals surface area contributed by atoms with E-state index in [1.807, 2.05) is 28.8 Å². The van der Waals surface area contributed by atoms with E-state index >= 15 is 0 Å². The molecule has 1 fully saturated rings. The van der Waals surface area contributed by atoms with E-state index in [2.05, 4.69) is 28.8 Å². The molecular formula is C25H31N5O3S. The number of ether oxygens (including phenoxy) is 1. The van der Waals surface area contributed by atoms with Gasteiger partial charge in [0.2, 0.25) is 5.91 Å². The Balaban J connectivity index is 1.78. The lowest BCUT2D eigenvalue weighted by Crippen LogP contribution is -2.29. The van der Waals surface area contributed by atoms with E-state index < -0.39 is 5.97 Å². The van der Waals surface area contributed by atoms with E-state index in [0.717, 1.165) is 41.8 Å². The maximum Gasteiger partial charge on any atom is 0.356 e. The van der Waals surface area contributed by atoms with Gasteiger partial charge in [-0.2, -0.15) is 11.8 Å². The Kier molecular flexibility index (Phi) is 7.72. The van der Waals surface area contributed by atoms with E-state index in [1.54, 1.807) is 24.2 Å². The molecule has 3 aromatic rings. The minimum Gasteiger partial charge on any atom is -0.464 e. The van der Waals surface area contributed by atoms with Crippen LogP contribution in [0.5, 0.6) is 0 Å². The number of anilines is 2. The molecule has 2 N–H and O–H groups in total. The summed E-state index contributed by atoms with van der Waals surface area (Å²) in [4.78, 5) is 35.0. The van der Waals surface area contributed by atoms with Crippen LogP contribution in [0.15, 0.2) is 36.7 Å². The SMILES string of the molecule is COC(=O)c1c(NC(=O)C2CCC2)c2cc(NC(C)CSC)cnc2n1CCc1ccccn1. The number of fused-ring (bicyclic) bond motifs is 1. The summed E-state index contributed by atoms with van der Waals surface area (Å²) in [5.41, 5.74) is 3.15. The molecule has 1 saturated carbocycles. The Morgan fingerprint density at radius 3 is 2.76 bits per heavy atom. The number of amides is 1. The minimum absolute atomic E-state index is 0.0201. The van der Waals surface area contributed by atoms with Gasteiger partial charge in [-0.1, -0.05) is 12.5 Å². The normalized spacial score (nSPS) is 14.4. The van der Waals surface area contributed by atoms with Crippen LogP contribution in [-0.4, -0.2) is 51.6 Å². The summed E-state index contributed by atoms with van der Waals surface area (Å²) in [6.07, 6.45) is 8.99. The summed E-state index contributed by atoms with van der Waals surface area (Å²) >= 11 is 1.76. The highest BCUT2D eigenvalue weighted by atomic mass is 32.2. The van der Waals surface area contributed by atoms with Gasteiger partial charge in [-0.3, -0.25) is 9.78 Å². The van der Waals surface area contributed by atoms with Crippen LogP contribution in [0.4, 0.5) is 11.4 Å². The van der Waals surface area contributed by atoms with Crippen LogP contribution in [0.25, 0.3) is 11.0 Å². The van der Waals surface area contributed by atoms with Gasteiger partial charge in [0.05, 0.1) is 24.7 Å². The zero-order chi connectivity index (χ0) is 24.1. The Morgan fingerprint density at radius 2 is 2.12 bits per heavy atom. The molecule has 0 aromatic carbocycles. The standard InChI is InChI=1S/C25H31N5O3S/c1-16(15-34-3)28-19-13-20-21(29-24(31)17-7-6-8-17)22(25(32)33-2)30(23(20)27-14-19)12-10-18-9-4-5-11-26-18/h4-5,9,11,13-14,16-17,28H,6-8,10,12,15H2,1-3H3,(H,29,31). The second kappa shape index (κ2) is 10.9. The molecule has 3 heterocycles. The third kappa shape index (κ3) is 5.19. The molecule has 9 heteroatoms. The first-order valence-corrected chi connectivity index (χ1v) is 13.0. The Bertz CT molecular complexity index is 1160. The molecule has 180 valence electrons. The van der Waals surface area contributed by atoms with Gasteiger partial charge in [0.25, 0.3) is 0 Å². The Morgan fingerprint density at radius 1 is 1.29 bits per heavy atom. The van der Waals surface area contributed by atoms with Crippen molar-refractivity contribution in [3.05, 3.63) is 48.0 Å². The number of methoxy groups -OCH3 is 1. The van der Waals surface area contributed by atoms with Gasteiger partial charge in [0, 0.05) is 48.0 Å². The molecule has 1 aliphatic carbocycles. The number of carbonyl (C=O) groups is 2. The van der Waals surface area contributed by atoms with Crippen molar-refractivity contribution in [2.45, 2.75) is 45.2 Å². The lowest BCUT2D eigenvalue weighted by Gasteiger charge is -2.24. The second-order valence-corrected chi connectivity index (χ2v) is 9.56. The predicted molar refractivity (Wildman–Crippen MR) is 136 cm³/mol. The molecule has 0 saturated heterocycles. The highest BCUT2D eigenvalue weighted by molar-refractivity contribution is 7.98. The second-order valence-electron chi connectivity index (χ2n) is 8.65. The third-order valence-electron chi connectivity index (χ3n) is 6.15. The minimum atomic E-state index is -0.506. The first kappa shape index (κ1) is 24.1. The van der Waals surface area contributed by atoms with Gasteiger partial charge in [-0.25, -0.2) is 9.78 Å². The fourth-order valence-electron chi connectivity index (χ4n) is 4.20. The lowest BCUT2D eigenvalue weighted by atomic mass is 9.85. The van der Waals surface area contributed by atoms with Crippen molar-refractivity contribution in [1.82, 2.24) is 14.5 Å². The molecule has 3 aromatic heterocycles. The van der Waals surface area contributed by atoms with Crippen molar-refractivity contribution in [2.24, 2.45) is 5.92 Å². The predicted octanol–water partition coefficient (Wildman–Crippen LogP) is 4.36. The molecule has 0 aliphatic heterocycles. The highest BCUT2D eigenvalue weighted by Gasteiger charge is 2.30. The number of nitrogens with one attached hydrogen (secondary N) is 2. The maximum absolute atomic E-state index is 13.0. The summed E-state index contributed by atoms with van der Waals surface area (Å²) in [5, 5.41) is 7.22. The van der Waals surface area contributed by atoms with E-state index in [0.29, 0.717) is 30.0 Å². The summed E-state index contributed by atoms with van der Waals surface area (Å²) in [6.45, 7) is 2.58. The van der Waals surface area contributed by atoms with Crippen LogP contribution in [0, 0.1) is 5.92 Å². The number of esters is 1. The van der Waals surface area contributed by atoms with Gasteiger partial charge in [0.15, 0.2) is 5.69 Å². The molecule has 0 bridgehead atoms. The molecular weight excluding hydrogens is 450 g/mol. The van der Waals surface area contributed by atoms with Crippen LogP contribution in [0.1, 0.15) is 42.4 Å². The van der Waals surface area contributed by atoms with Gasteiger partial charge in [0.1, 0.15) is 5.65 Å². The topological polar surface area (TPSA) is 98.1 Å². The monoisotopic (exact) mass is 481 g/mol. The number of nitrogens with zero attached hydrogens (tertiary/aromatic N) is 3. The summed E-state index contributed by atoms with van der Waals surface area (Å²) in [7, 11) is 1.35. The van der Waals surface area contributed by atoms with Crippen molar-refractivity contribution >= 4 is 46.0 Å². The highest BCUT2D eigenvalue weighted by Crippen LogP contribution is 2.35. The zero-order valence-electron chi connectivity index (χ0n) is 19.8. The van der Waals surface area contributed by atoms with E-state index in [1.165, 1.54) is 7.11 Å². The molecule has 34 heavy (non-hydrogen) atoms. The zero-order valence-corrected chi connectivity index (χ0v) is 20.7. The molecule has 1 aliphatic rings. The summed E-state index contributed by atoms with van der Waals surface area (Å²) in [6, 6.07) is 7.96. The lowest BCUT2D eigenvalue weighted by molar-refractivity contribution is -0.122. The number of carbonyl (C=O) groups excluding carboxylic acids is 2. The Labute approximate surface area is 203 Å². The number of hydrogen-bond donors (Lipinski definition) is 2. The first-order valence-electron chi connectivity index (χ1n) is 11.6. The van der Waals surface area contributed by atoms with Gasteiger partial charge >= 0.3 is 5.97 Å². The van der Waals surface area contributed by atoms with Gasteiger partial charge in [-0.15, -0.1) is 0 Å². The van der Waals surface area contributed by atoms with Crippen LogP contribution in [0.2, 0.25) is 0 Å². The maximum atomic E-state index is 13.0. The smallest absolute Gasteiger partial charge is 0.356 e. The average Bonchev–Trinajstić information content (AvgIpc) is 3.09. The van der Waals surface area contributed by atoms with Crippen molar-refractivity contribution < 1.29 is 14.3 Å². The van der Waals surface area contributed by atoms with Crippen molar-refractivity contribution in [1.29, 1.82) is 0 Å². The van der Waals surface area contributed by atoms with E-state index in [4.69, 9.17) is 9.72 Å².